The zero-order valence-corrected chi connectivity index (χ0v) is 21.1. The first-order valence-electron chi connectivity index (χ1n) is 13.4. The maximum Gasteiger partial charge on any atom is 0.269 e. The van der Waals surface area contributed by atoms with E-state index in [-0.39, 0.29) is 39.9 Å². The Hall–Kier alpha value is -2.82. The van der Waals surface area contributed by atoms with Gasteiger partial charge < -0.3 is 0 Å². The predicted octanol–water partition coefficient (Wildman–Crippen LogP) is 7.96. The molecule has 1 saturated carbocycles. The van der Waals surface area contributed by atoms with E-state index in [9.17, 15) is 19.7 Å². The summed E-state index contributed by atoms with van der Waals surface area (Å²) in [5.74, 6) is 0.00246. The molecule has 0 radical (unpaired) electrons. The average Bonchev–Trinajstić information content (AvgIpc) is 3.15. The van der Waals surface area contributed by atoms with E-state index in [0.29, 0.717) is 5.56 Å². The van der Waals surface area contributed by atoms with Crippen molar-refractivity contribution in [1.82, 2.24) is 0 Å². The van der Waals surface area contributed by atoms with Crippen molar-refractivity contribution in [2.24, 2.45) is 5.92 Å². The van der Waals surface area contributed by atoms with E-state index in [1.54, 1.807) is 12.1 Å². The highest BCUT2D eigenvalue weighted by Gasteiger charge is 2.43. The SMILES string of the molecule is CCCCC1(CCCC)c2cc(C(=O)CC(=O)C3CCCCC3)ccc2-c2ccc([N+](=O)[O-])cc21. The maximum atomic E-state index is 13.2. The highest BCUT2D eigenvalue weighted by atomic mass is 16.6. The number of nitro groups is 1. The molecule has 0 saturated heterocycles. The molecule has 0 amide bonds. The molecule has 0 spiro atoms. The lowest BCUT2D eigenvalue weighted by Crippen LogP contribution is -2.26. The Morgan fingerprint density at radius 1 is 0.914 bits per heavy atom. The van der Waals surface area contributed by atoms with E-state index >= 15 is 0 Å². The van der Waals surface area contributed by atoms with Crippen LogP contribution in [0, 0.1) is 16.0 Å². The molecule has 1 fully saturated rings. The fraction of sp³-hybridized carbons (Fsp3) is 0.533. The molecule has 0 aliphatic heterocycles. The molecule has 4 rings (SSSR count). The van der Waals surface area contributed by atoms with Gasteiger partial charge in [0.1, 0.15) is 5.78 Å². The summed E-state index contributed by atoms with van der Waals surface area (Å²) in [5, 5.41) is 11.6. The van der Waals surface area contributed by atoms with Crippen LogP contribution in [-0.4, -0.2) is 16.5 Å². The molecular formula is C30H37NO4. The number of rotatable bonds is 11. The Balaban J connectivity index is 1.74. The van der Waals surface area contributed by atoms with Crippen LogP contribution in [-0.2, 0) is 10.2 Å². The molecule has 5 heteroatoms. The van der Waals surface area contributed by atoms with E-state index in [1.807, 2.05) is 24.3 Å². The number of nitro benzene ring substituents is 1. The number of hydrogen-bond acceptors (Lipinski definition) is 4. The lowest BCUT2D eigenvalue weighted by Gasteiger charge is -2.32. The number of carbonyl (C=O) groups excluding carboxylic acids is 2. The number of hydrogen-bond donors (Lipinski definition) is 0. The third-order valence-corrected chi connectivity index (χ3v) is 8.19. The molecular weight excluding hydrogens is 438 g/mol. The summed E-state index contributed by atoms with van der Waals surface area (Å²) in [4.78, 5) is 37.4. The quantitative estimate of drug-likeness (QED) is 0.143. The van der Waals surface area contributed by atoms with Crippen molar-refractivity contribution in [2.45, 2.75) is 96.3 Å². The van der Waals surface area contributed by atoms with Gasteiger partial charge in [-0.2, -0.15) is 0 Å². The standard InChI is InChI=1S/C30H37NO4/c1-3-5-16-30(17-6-4-2)26-18-22(29(33)20-28(32)21-10-8-7-9-11-21)12-14-24(26)25-15-13-23(31(34)35)19-27(25)30/h12-15,18-19,21H,3-11,16-17,20H2,1-2H3. The third-order valence-electron chi connectivity index (χ3n) is 8.19. The molecule has 2 aliphatic rings. The van der Waals surface area contributed by atoms with Gasteiger partial charge in [-0.15, -0.1) is 0 Å². The fourth-order valence-corrected chi connectivity index (χ4v) is 6.22. The Morgan fingerprint density at radius 2 is 1.51 bits per heavy atom. The molecule has 0 unspecified atom stereocenters. The minimum absolute atomic E-state index is 0.0279. The van der Waals surface area contributed by atoms with E-state index in [0.717, 1.165) is 86.5 Å². The lowest BCUT2D eigenvalue weighted by atomic mass is 9.70. The van der Waals surface area contributed by atoms with E-state index in [2.05, 4.69) is 13.8 Å². The van der Waals surface area contributed by atoms with Crippen LogP contribution in [0.5, 0.6) is 0 Å². The van der Waals surface area contributed by atoms with Gasteiger partial charge in [0.05, 0.1) is 11.3 Å². The summed E-state index contributed by atoms with van der Waals surface area (Å²) in [6.45, 7) is 4.32. The largest absolute Gasteiger partial charge is 0.299 e. The van der Waals surface area contributed by atoms with Gasteiger partial charge >= 0.3 is 0 Å². The Labute approximate surface area is 208 Å². The van der Waals surface area contributed by atoms with Crippen molar-refractivity contribution < 1.29 is 14.5 Å². The molecule has 0 atom stereocenters. The Kier molecular flexibility index (Phi) is 7.83. The zero-order chi connectivity index (χ0) is 25.0. The lowest BCUT2D eigenvalue weighted by molar-refractivity contribution is -0.384. The average molecular weight is 476 g/mol. The maximum absolute atomic E-state index is 13.2. The summed E-state index contributed by atoms with van der Waals surface area (Å²) in [5.41, 5.74) is 4.59. The normalized spacial score (nSPS) is 16.5. The number of fused-ring (bicyclic) bond motifs is 3. The Morgan fingerprint density at radius 3 is 2.11 bits per heavy atom. The number of benzene rings is 2. The third kappa shape index (κ3) is 4.96. The summed E-state index contributed by atoms with van der Waals surface area (Å²) in [6.07, 6.45) is 11.0. The summed E-state index contributed by atoms with van der Waals surface area (Å²) >= 11 is 0. The first-order valence-corrected chi connectivity index (χ1v) is 13.4. The van der Waals surface area contributed by atoms with Gasteiger partial charge in [-0.25, -0.2) is 0 Å². The van der Waals surface area contributed by atoms with Crippen LogP contribution in [0.4, 0.5) is 5.69 Å². The van der Waals surface area contributed by atoms with Crippen molar-refractivity contribution in [2.75, 3.05) is 0 Å². The predicted molar refractivity (Wildman–Crippen MR) is 139 cm³/mol. The van der Waals surface area contributed by atoms with Crippen molar-refractivity contribution >= 4 is 17.3 Å². The van der Waals surface area contributed by atoms with Gasteiger partial charge in [-0.3, -0.25) is 19.7 Å². The van der Waals surface area contributed by atoms with Crippen LogP contribution in [0.15, 0.2) is 36.4 Å². The molecule has 2 aromatic carbocycles. The van der Waals surface area contributed by atoms with Gasteiger partial charge in [0.2, 0.25) is 0 Å². The Bertz CT molecular complexity index is 1110. The van der Waals surface area contributed by atoms with Crippen LogP contribution in [0.1, 0.15) is 112 Å². The molecule has 2 aromatic rings. The van der Waals surface area contributed by atoms with Gasteiger partial charge in [0.25, 0.3) is 5.69 Å². The van der Waals surface area contributed by atoms with Gasteiger partial charge in [-0.05, 0) is 60.1 Å². The smallest absolute Gasteiger partial charge is 0.269 e. The second-order valence-electron chi connectivity index (χ2n) is 10.4. The van der Waals surface area contributed by atoms with Crippen LogP contribution in [0.3, 0.4) is 0 Å². The molecule has 5 nitrogen and oxygen atoms in total. The van der Waals surface area contributed by atoms with Crippen molar-refractivity contribution in [3.05, 3.63) is 63.2 Å². The number of non-ortho nitro benzene ring substituents is 1. The molecule has 0 heterocycles. The highest BCUT2D eigenvalue weighted by Crippen LogP contribution is 2.55. The fourth-order valence-electron chi connectivity index (χ4n) is 6.22. The monoisotopic (exact) mass is 475 g/mol. The van der Waals surface area contributed by atoms with Crippen LogP contribution < -0.4 is 0 Å². The highest BCUT2D eigenvalue weighted by molar-refractivity contribution is 6.09. The topological polar surface area (TPSA) is 77.3 Å². The molecule has 0 bridgehead atoms. The summed E-state index contributed by atoms with van der Waals surface area (Å²) < 4.78 is 0. The van der Waals surface area contributed by atoms with Gasteiger partial charge in [0.15, 0.2) is 5.78 Å². The second kappa shape index (κ2) is 10.8. The number of nitrogens with zero attached hydrogens (tertiary/aromatic N) is 1. The summed E-state index contributed by atoms with van der Waals surface area (Å²) in [6, 6.07) is 11.1. The zero-order valence-electron chi connectivity index (χ0n) is 21.1. The van der Waals surface area contributed by atoms with Crippen molar-refractivity contribution in [3.63, 3.8) is 0 Å². The number of carbonyl (C=O) groups is 2. The second-order valence-corrected chi connectivity index (χ2v) is 10.4. The van der Waals surface area contributed by atoms with E-state index in [1.165, 1.54) is 6.42 Å². The van der Waals surface area contributed by atoms with Gasteiger partial charge in [-0.1, -0.05) is 70.9 Å². The number of Topliss-reactive ketones (excluding diaryl/α,β-unsaturated/α-hetero) is 2. The molecule has 0 aromatic heterocycles. The summed E-state index contributed by atoms with van der Waals surface area (Å²) in [7, 11) is 0. The minimum Gasteiger partial charge on any atom is -0.299 e. The van der Waals surface area contributed by atoms with Crippen LogP contribution in [0.25, 0.3) is 11.1 Å². The van der Waals surface area contributed by atoms with E-state index in [4.69, 9.17) is 0 Å². The number of ketones is 2. The molecule has 2 aliphatic carbocycles. The molecule has 35 heavy (non-hydrogen) atoms. The number of unbranched alkanes of at least 4 members (excludes halogenated alkanes) is 2. The first-order chi connectivity index (χ1) is 16.9. The minimum atomic E-state index is -0.341. The van der Waals surface area contributed by atoms with Crippen LogP contribution >= 0.6 is 0 Å². The first kappa shape index (κ1) is 25.3. The van der Waals surface area contributed by atoms with Crippen LogP contribution in [0.2, 0.25) is 0 Å². The van der Waals surface area contributed by atoms with E-state index < -0.39 is 0 Å². The van der Waals surface area contributed by atoms with Crippen molar-refractivity contribution in [3.8, 4) is 11.1 Å². The molecule has 186 valence electrons. The molecule has 0 N–H and O–H groups in total. The van der Waals surface area contributed by atoms with Gasteiger partial charge in [0, 0.05) is 29.0 Å². The van der Waals surface area contributed by atoms with Crippen molar-refractivity contribution in [1.29, 1.82) is 0 Å².